The summed E-state index contributed by atoms with van der Waals surface area (Å²) in [6.07, 6.45) is 0. The normalized spacial score (nSPS) is 10.6. The van der Waals surface area contributed by atoms with Crippen LogP contribution in [-0.4, -0.2) is 12.1 Å². The summed E-state index contributed by atoms with van der Waals surface area (Å²) in [5, 5.41) is 3.09. The van der Waals surface area contributed by atoms with Gasteiger partial charge < -0.3 is 20.2 Å². The molecule has 0 radical (unpaired) electrons. The van der Waals surface area contributed by atoms with Gasteiger partial charge in [-0.2, -0.15) is 4.98 Å². The van der Waals surface area contributed by atoms with Crippen LogP contribution in [0.5, 0.6) is 5.75 Å². The van der Waals surface area contributed by atoms with Crippen LogP contribution in [0.25, 0.3) is 11.1 Å². The zero-order valence-corrected chi connectivity index (χ0v) is 10.4. The van der Waals surface area contributed by atoms with E-state index in [9.17, 15) is 0 Å². The van der Waals surface area contributed by atoms with Gasteiger partial charge >= 0.3 is 0 Å². The van der Waals surface area contributed by atoms with E-state index in [1.54, 1.807) is 19.2 Å². The monoisotopic (exact) mass is 255 g/mol. The van der Waals surface area contributed by atoms with Gasteiger partial charge in [0, 0.05) is 23.5 Å². The van der Waals surface area contributed by atoms with Crippen molar-refractivity contribution in [1.29, 1.82) is 0 Å². The molecule has 0 aliphatic carbocycles. The number of benzene rings is 2. The van der Waals surface area contributed by atoms with Crippen LogP contribution in [0.4, 0.5) is 17.4 Å². The summed E-state index contributed by atoms with van der Waals surface area (Å²) < 4.78 is 10.7. The summed E-state index contributed by atoms with van der Waals surface area (Å²) in [6.45, 7) is 0. The number of aromatic nitrogens is 1. The molecule has 0 atom stereocenters. The van der Waals surface area contributed by atoms with Crippen molar-refractivity contribution >= 4 is 28.5 Å². The summed E-state index contributed by atoms with van der Waals surface area (Å²) in [4.78, 5) is 4.33. The molecule has 0 amide bonds. The Kier molecular flexibility index (Phi) is 2.72. The lowest BCUT2D eigenvalue weighted by Gasteiger charge is -2.03. The predicted octanol–water partition coefficient (Wildman–Crippen LogP) is 3.16. The number of nitrogens with zero attached hydrogens (tertiary/aromatic N) is 1. The molecule has 2 aromatic carbocycles. The first-order valence-electron chi connectivity index (χ1n) is 5.82. The Hall–Kier alpha value is -2.69. The van der Waals surface area contributed by atoms with Gasteiger partial charge in [-0.1, -0.05) is 6.07 Å². The van der Waals surface area contributed by atoms with Gasteiger partial charge in [0.15, 0.2) is 5.58 Å². The summed E-state index contributed by atoms with van der Waals surface area (Å²) >= 11 is 0. The molecule has 1 heterocycles. The summed E-state index contributed by atoms with van der Waals surface area (Å²) in [7, 11) is 1.63. The molecule has 0 saturated carbocycles. The third-order valence-corrected chi connectivity index (χ3v) is 2.73. The molecule has 3 N–H and O–H groups in total. The SMILES string of the molecule is COc1cccc(Nc2nc3ccc(N)cc3o2)c1. The van der Waals surface area contributed by atoms with Crippen molar-refractivity contribution in [3.8, 4) is 5.75 Å². The van der Waals surface area contributed by atoms with Crippen LogP contribution in [0.15, 0.2) is 46.9 Å². The molecule has 0 spiro atoms. The summed E-state index contributed by atoms with van der Waals surface area (Å²) in [6, 6.07) is 13.3. The molecular formula is C14H13N3O2. The number of hydrogen-bond acceptors (Lipinski definition) is 5. The van der Waals surface area contributed by atoms with Crippen LogP contribution in [0.2, 0.25) is 0 Å². The molecule has 3 rings (SSSR count). The highest BCUT2D eigenvalue weighted by molar-refractivity contribution is 5.78. The van der Waals surface area contributed by atoms with E-state index in [-0.39, 0.29) is 0 Å². The van der Waals surface area contributed by atoms with E-state index in [2.05, 4.69) is 10.3 Å². The number of hydrogen-bond donors (Lipinski definition) is 2. The Morgan fingerprint density at radius 2 is 2.11 bits per heavy atom. The van der Waals surface area contributed by atoms with Crippen LogP contribution in [0.3, 0.4) is 0 Å². The minimum absolute atomic E-state index is 0.425. The fraction of sp³-hybridized carbons (Fsp3) is 0.0714. The fourth-order valence-electron chi connectivity index (χ4n) is 1.82. The van der Waals surface area contributed by atoms with Gasteiger partial charge in [0.2, 0.25) is 0 Å². The van der Waals surface area contributed by atoms with Crippen LogP contribution in [-0.2, 0) is 0 Å². The van der Waals surface area contributed by atoms with Crippen molar-refractivity contribution in [2.75, 3.05) is 18.2 Å². The van der Waals surface area contributed by atoms with Gasteiger partial charge in [0.05, 0.1) is 7.11 Å². The third kappa shape index (κ3) is 2.30. The van der Waals surface area contributed by atoms with Crippen molar-refractivity contribution < 1.29 is 9.15 Å². The number of nitrogen functional groups attached to an aromatic ring is 1. The molecule has 0 bridgehead atoms. The topological polar surface area (TPSA) is 73.3 Å². The standard InChI is InChI=1S/C14H13N3O2/c1-18-11-4-2-3-10(8-11)16-14-17-12-6-5-9(15)7-13(12)19-14/h2-8H,15H2,1H3,(H,16,17). The Balaban J connectivity index is 1.92. The van der Waals surface area contributed by atoms with Gasteiger partial charge in [0.25, 0.3) is 6.01 Å². The van der Waals surface area contributed by atoms with Crippen molar-refractivity contribution in [1.82, 2.24) is 4.98 Å². The van der Waals surface area contributed by atoms with E-state index < -0.39 is 0 Å². The zero-order valence-electron chi connectivity index (χ0n) is 10.4. The lowest BCUT2D eigenvalue weighted by Crippen LogP contribution is -1.91. The highest BCUT2D eigenvalue weighted by atomic mass is 16.5. The Morgan fingerprint density at radius 1 is 1.21 bits per heavy atom. The van der Waals surface area contributed by atoms with Crippen LogP contribution >= 0.6 is 0 Å². The van der Waals surface area contributed by atoms with Gasteiger partial charge in [0.1, 0.15) is 11.3 Å². The van der Waals surface area contributed by atoms with Crippen LogP contribution < -0.4 is 15.8 Å². The van der Waals surface area contributed by atoms with Crippen molar-refractivity contribution in [3.63, 3.8) is 0 Å². The first-order chi connectivity index (χ1) is 9.24. The maximum atomic E-state index is 5.70. The largest absolute Gasteiger partial charge is 0.497 e. The number of anilines is 3. The molecule has 0 aliphatic rings. The minimum atomic E-state index is 0.425. The molecule has 1 aromatic heterocycles. The van der Waals surface area contributed by atoms with Gasteiger partial charge in [-0.25, -0.2) is 0 Å². The van der Waals surface area contributed by atoms with E-state index in [1.165, 1.54) is 0 Å². The number of oxazole rings is 1. The quantitative estimate of drug-likeness (QED) is 0.703. The van der Waals surface area contributed by atoms with Crippen molar-refractivity contribution in [2.45, 2.75) is 0 Å². The third-order valence-electron chi connectivity index (χ3n) is 2.73. The molecule has 5 heteroatoms. The van der Waals surface area contributed by atoms with Gasteiger partial charge in [-0.15, -0.1) is 0 Å². The molecule has 0 saturated heterocycles. The molecule has 19 heavy (non-hydrogen) atoms. The summed E-state index contributed by atoms with van der Waals surface area (Å²) in [5.41, 5.74) is 8.62. The highest BCUT2D eigenvalue weighted by Crippen LogP contribution is 2.25. The number of ether oxygens (including phenoxy) is 1. The molecule has 0 unspecified atom stereocenters. The van der Waals surface area contributed by atoms with Crippen LogP contribution in [0.1, 0.15) is 0 Å². The van der Waals surface area contributed by atoms with E-state index in [4.69, 9.17) is 14.9 Å². The van der Waals surface area contributed by atoms with E-state index >= 15 is 0 Å². The maximum absolute atomic E-state index is 5.70. The Bertz CT molecular complexity index is 722. The first-order valence-corrected chi connectivity index (χ1v) is 5.82. The summed E-state index contributed by atoms with van der Waals surface area (Å²) in [5.74, 6) is 0.769. The zero-order chi connectivity index (χ0) is 13.2. The Morgan fingerprint density at radius 3 is 2.95 bits per heavy atom. The van der Waals surface area contributed by atoms with E-state index in [0.29, 0.717) is 17.3 Å². The molecular weight excluding hydrogens is 242 g/mol. The highest BCUT2D eigenvalue weighted by Gasteiger charge is 2.06. The Labute approximate surface area is 110 Å². The van der Waals surface area contributed by atoms with Crippen LogP contribution in [0, 0.1) is 0 Å². The average molecular weight is 255 g/mol. The fourth-order valence-corrected chi connectivity index (χ4v) is 1.82. The second-order valence-corrected chi connectivity index (χ2v) is 4.10. The average Bonchev–Trinajstić information content (AvgIpc) is 2.80. The van der Waals surface area contributed by atoms with Gasteiger partial charge in [-0.05, 0) is 24.3 Å². The lowest BCUT2D eigenvalue weighted by atomic mass is 10.3. The minimum Gasteiger partial charge on any atom is -0.497 e. The molecule has 5 nitrogen and oxygen atoms in total. The predicted molar refractivity (Wildman–Crippen MR) is 74.7 cm³/mol. The number of nitrogens with one attached hydrogen (secondary N) is 1. The van der Waals surface area contributed by atoms with E-state index in [1.807, 2.05) is 30.3 Å². The second kappa shape index (κ2) is 4.53. The number of fused-ring (bicyclic) bond motifs is 1. The van der Waals surface area contributed by atoms with Crippen molar-refractivity contribution in [2.24, 2.45) is 0 Å². The lowest BCUT2D eigenvalue weighted by molar-refractivity contribution is 0.415. The van der Waals surface area contributed by atoms with Gasteiger partial charge in [-0.3, -0.25) is 0 Å². The number of rotatable bonds is 3. The molecule has 96 valence electrons. The molecule has 0 aliphatic heterocycles. The second-order valence-electron chi connectivity index (χ2n) is 4.10. The number of methoxy groups -OCH3 is 1. The maximum Gasteiger partial charge on any atom is 0.300 e. The smallest absolute Gasteiger partial charge is 0.300 e. The van der Waals surface area contributed by atoms with Crippen molar-refractivity contribution in [3.05, 3.63) is 42.5 Å². The van der Waals surface area contributed by atoms with E-state index in [0.717, 1.165) is 17.0 Å². The number of nitrogens with two attached hydrogens (primary N) is 1. The molecule has 0 fully saturated rings. The molecule has 3 aromatic rings. The first kappa shape index (κ1) is 11.4.